The summed E-state index contributed by atoms with van der Waals surface area (Å²) in [6.45, 7) is 3.92. The molecule has 1 saturated heterocycles. The number of nitriles is 1. The van der Waals surface area contributed by atoms with Crippen LogP contribution in [-0.4, -0.2) is 36.3 Å². The van der Waals surface area contributed by atoms with E-state index >= 15 is 0 Å². The zero-order valence-electron chi connectivity index (χ0n) is 13.2. The van der Waals surface area contributed by atoms with Gasteiger partial charge in [0.2, 0.25) is 5.95 Å². The smallest absolute Gasteiger partial charge is 0.225 e. The average Bonchev–Trinajstić information content (AvgIpc) is 2.64. The van der Waals surface area contributed by atoms with Crippen LogP contribution >= 0.6 is 0 Å². The van der Waals surface area contributed by atoms with Gasteiger partial charge < -0.3 is 15.0 Å². The van der Waals surface area contributed by atoms with Crippen molar-refractivity contribution in [1.82, 2.24) is 15.3 Å². The number of morpholine rings is 1. The molecule has 0 radical (unpaired) electrons. The van der Waals surface area contributed by atoms with Gasteiger partial charge in [0.15, 0.2) is 0 Å². The Morgan fingerprint density at radius 2 is 1.96 bits per heavy atom. The van der Waals surface area contributed by atoms with Crippen molar-refractivity contribution in [3.63, 3.8) is 0 Å². The lowest BCUT2D eigenvalue weighted by Crippen LogP contribution is -2.37. The van der Waals surface area contributed by atoms with Gasteiger partial charge in [-0.15, -0.1) is 0 Å². The lowest BCUT2D eigenvalue weighted by atomic mass is 10.1. The summed E-state index contributed by atoms with van der Waals surface area (Å²) in [5.74, 6) is 0.334. The number of rotatable bonds is 5. The van der Waals surface area contributed by atoms with Gasteiger partial charge in [-0.05, 0) is 12.1 Å². The van der Waals surface area contributed by atoms with Gasteiger partial charge in [-0.3, -0.25) is 0 Å². The maximum Gasteiger partial charge on any atom is 0.225 e. The maximum atomic E-state index is 13.8. The molecule has 6 nitrogen and oxygen atoms in total. The molecule has 0 unspecified atom stereocenters. The van der Waals surface area contributed by atoms with E-state index in [1.165, 1.54) is 6.07 Å². The largest absolute Gasteiger partial charge is 0.378 e. The molecule has 1 fully saturated rings. The summed E-state index contributed by atoms with van der Waals surface area (Å²) >= 11 is 0. The highest BCUT2D eigenvalue weighted by molar-refractivity contribution is 5.33. The molecule has 24 heavy (non-hydrogen) atoms. The van der Waals surface area contributed by atoms with Crippen molar-refractivity contribution in [2.45, 2.75) is 13.1 Å². The van der Waals surface area contributed by atoms with E-state index in [9.17, 15) is 4.39 Å². The zero-order chi connectivity index (χ0) is 16.8. The fraction of sp³-hybridized carbons (Fsp3) is 0.353. The van der Waals surface area contributed by atoms with Crippen LogP contribution in [0, 0.1) is 17.1 Å². The second-order valence-electron chi connectivity index (χ2n) is 5.51. The fourth-order valence-electron chi connectivity index (χ4n) is 2.47. The predicted molar refractivity (Wildman–Crippen MR) is 86.7 cm³/mol. The minimum atomic E-state index is -0.375. The minimum absolute atomic E-state index is 0.323. The summed E-state index contributed by atoms with van der Waals surface area (Å²) in [5.41, 5.74) is 1.78. The van der Waals surface area contributed by atoms with Crippen molar-refractivity contribution in [1.29, 1.82) is 5.26 Å². The van der Waals surface area contributed by atoms with Gasteiger partial charge in [-0.1, -0.05) is 6.07 Å². The molecule has 1 aliphatic heterocycles. The van der Waals surface area contributed by atoms with E-state index < -0.39 is 0 Å². The molecule has 2 aromatic rings. The molecule has 0 saturated carbocycles. The van der Waals surface area contributed by atoms with Crippen molar-refractivity contribution in [3.05, 3.63) is 53.1 Å². The fourth-order valence-corrected chi connectivity index (χ4v) is 2.47. The van der Waals surface area contributed by atoms with Gasteiger partial charge >= 0.3 is 0 Å². The van der Waals surface area contributed by atoms with Crippen LogP contribution in [-0.2, 0) is 17.8 Å². The monoisotopic (exact) mass is 327 g/mol. The summed E-state index contributed by atoms with van der Waals surface area (Å²) in [7, 11) is 0. The van der Waals surface area contributed by atoms with E-state index in [0.29, 0.717) is 43.4 Å². The molecule has 0 atom stereocenters. The number of aromatic nitrogens is 2. The Labute approximate surface area is 139 Å². The minimum Gasteiger partial charge on any atom is -0.378 e. The van der Waals surface area contributed by atoms with Crippen molar-refractivity contribution in [3.8, 4) is 6.07 Å². The van der Waals surface area contributed by atoms with Gasteiger partial charge in [-0.2, -0.15) is 5.26 Å². The Balaban J connectivity index is 1.52. The van der Waals surface area contributed by atoms with Crippen LogP contribution in [0.1, 0.15) is 16.7 Å². The zero-order valence-corrected chi connectivity index (χ0v) is 13.2. The Morgan fingerprint density at radius 3 is 2.62 bits per heavy atom. The van der Waals surface area contributed by atoms with Crippen molar-refractivity contribution < 1.29 is 9.13 Å². The SMILES string of the molecule is N#Cc1ccc(CNCc2cnc(N3CCOCC3)nc2)c(F)c1. The number of benzene rings is 1. The number of hydrogen-bond donors (Lipinski definition) is 1. The first-order valence-corrected chi connectivity index (χ1v) is 7.79. The van der Waals surface area contributed by atoms with Crippen LogP contribution in [0.4, 0.5) is 10.3 Å². The van der Waals surface area contributed by atoms with E-state index in [1.807, 2.05) is 6.07 Å². The molecule has 2 heterocycles. The summed E-state index contributed by atoms with van der Waals surface area (Å²) in [6, 6.07) is 6.40. The molecule has 0 amide bonds. The Morgan fingerprint density at radius 1 is 1.21 bits per heavy atom. The third-order valence-corrected chi connectivity index (χ3v) is 3.81. The van der Waals surface area contributed by atoms with Crippen LogP contribution in [0.5, 0.6) is 0 Å². The van der Waals surface area contributed by atoms with E-state index in [4.69, 9.17) is 10.00 Å². The Kier molecular flexibility index (Phi) is 5.31. The van der Waals surface area contributed by atoms with Gasteiger partial charge in [0.1, 0.15) is 5.82 Å². The number of hydrogen-bond acceptors (Lipinski definition) is 6. The summed E-state index contributed by atoms with van der Waals surface area (Å²) < 4.78 is 19.1. The highest BCUT2D eigenvalue weighted by Gasteiger charge is 2.13. The molecule has 1 N–H and O–H groups in total. The van der Waals surface area contributed by atoms with Crippen LogP contribution < -0.4 is 10.2 Å². The molecule has 0 bridgehead atoms. The molecular weight excluding hydrogens is 309 g/mol. The molecule has 124 valence electrons. The molecule has 7 heteroatoms. The number of nitrogens with zero attached hydrogens (tertiary/aromatic N) is 4. The molecule has 1 aromatic heterocycles. The van der Waals surface area contributed by atoms with Gasteiger partial charge in [0, 0.05) is 49.7 Å². The van der Waals surface area contributed by atoms with Crippen LogP contribution in [0.15, 0.2) is 30.6 Å². The molecule has 3 rings (SSSR count). The lowest BCUT2D eigenvalue weighted by molar-refractivity contribution is 0.122. The predicted octanol–water partition coefficient (Wildman–Crippen LogP) is 1.61. The van der Waals surface area contributed by atoms with E-state index in [1.54, 1.807) is 24.5 Å². The standard InChI is InChI=1S/C17H18FN5O/c18-16-7-13(8-19)1-2-15(16)12-20-9-14-10-21-17(22-11-14)23-3-5-24-6-4-23/h1-2,7,10-11,20H,3-6,9,12H2. The van der Waals surface area contributed by atoms with Crippen molar-refractivity contribution >= 4 is 5.95 Å². The second-order valence-corrected chi connectivity index (χ2v) is 5.51. The topological polar surface area (TPSA) is 74.1 Å². The highest BCUT2D eigenvalue weighted by atomic mass is 19.1. The van der Waals surface area contributed by atoms with Gasteiger partial charge in [-0.25, -0.2) is 14.4 Å². The average molecular weight is 327 g/mol. The first-order valence-electron chi connectivity index (χ1n) is 7.79. The van der Waals surface area contributed by atoms with Crippen LogP contribution in [0.25, 0.3) is 0 Å². The summed E-state index contributed by atoms with van der Waals surface area (Å²) in [4.78, 5) is 10.8. The van der Waals surface area contributed by atoms with E-state index in [-0.39, 0.29) is 5.82 Å². The molecule has 1 aliphatic rings. The van der Waals surface area contributed by atoms with Gasteiger partial charge in [0.25, 0.3) is 0 Å². The highest BCUT2D eigenvalue weighted by Crippen LogP contribution is 2.11. The maximum absolute atomic E-state index is 13.8. The third-order valence-electron chi connectivity index (χ3n) is 3.81. The first kappa shape index (κ1) is 16.3. The molecule has 0 aliphatic carbocycles. The van der Waals surface area contributed by atoms with Crippen LogP contribution in [0.2, 0.25) is 0 Å². The normalized spacial score (nSPS) is 14.4. The first-order chi connectivity index (χ1) is 11.8. The number of nitrogens with one attached hydrogen (secondary N) is 1. The summed E-state index contributed by atoms with van der Waals surface area (Å²) in [5, 5.41) is 11.9. The Bertz CT molecular complexity index is 723. The second kappa shape index (κ2) is 7.81. The third kappa shape index (κ3) is 4.04. The van der Waals surface area contributed by atoms with Crippen molar-refractivity contribution in [2.75, 3.05) is 31.2 Å². The summed E-state index contributed by atoms with van der Waals surface area (Å²) in [6.07, 6.45) is 3.56. The number of ether oxygens (including phenoxy) is 1. The van der Waals surface area contributed by atoms with E-state index in [2.05, 4.69) is 20.2 Å². The number of anilines is 1. The van der Waals surface area contributed by atoms with Crippen LogP contribution in [0.3, 0.4) is 0 Å². The molecule has 1 aromatic carbocycles. The quantitative estimate of drug-likeness (QED) is 0.899. The van der Waals surface area contributed by atoms with Crippen molar-refractivity contribution in [2.24, 2.45) is 0 Å². The van der Waals surface area contributed by atoms with Gasteiger partial charge in [0.05, 0.1) is 24.8 Å². The number of halogens is 1. The molecule has 0 spiro atoms. The lowest BCUT2D eigenvalue weighted by Gasteiger charge is -2.26. The Hall–Kier alpha value is -2.56. The van der Waals surface area contributed by atoms with E-state index in [0.717, 1.165) is 18.7 Å². The molecular formula is C17H18FN5O.